The summed E-state index contributed by atoms with van der Waals surface area (Å²) in [6, 6.07) is 3.11. The first-order chi connectivity index (χ1) is 10.1. The van der Waals surface area contributed by atoms with Gasteiger partial charge in [-0.15, -0.1) is 11.3 Å². The first-order valence-corrected chi connectivity index (χ1v) is 7.59. The molecule has 1 atom stereocenters. The number of carboxylic acids is 1. The summed E-state index contributed by atoms with van der Waals surface area (Å²) in [6.07, 6.45) is 2.78. The molecule has 0 aliphatic carbocycles. The highest BCUT2D eigenvalue weighted by atomic mass is 32.1. The molecule has 0 spiro atoms. The van der Waals surface area contributed by atoms with Crippen molar-refractivity contribution in [1.82, 2.24) is 14.9 Å². The van der Waals surface area contributed by atoms with Gasteiger partial charge in [0.2, 0.25) is 5.91 Å². The Morgan fingerprint density at radius 3 is 3.10 bits per heavy atom. The van der Waals surface area contributed by atoms with Crippen LogP contribution in [0, 0.1) is 0 Å². The van der Waals surface area contributed by atoms with Crippen molar-refractivity contribution < 1.29 is 14.7 Å². The normalized spacial score (nSPS) is 17.5. The SMILES string of the molecule is O=C(O)C1Cc2nc[nH]c2CN1C(=O)CCc1cccs1. The van der Waals surface area contributed by atoms with E-state index in [1.54, 1.807) is 17.7 Å². The Morgan fingerprint density at radius 1 is 1.52 bits per heavy atom. The van der Waals surface area contributed by atoms with Gasteiger partial charge in [-0.2, -0.15) is 0 Å². The topological polar surface area (TPSA) is 86.3 Å². The average molecular weight is 305 g/mol. The van der Waals surface area contributed by atoms with Gasteiger partial charge in [0.15, 0.2) is 0 Å². The van der Waals surface area contributed by atoms with E-state index in [2.05, 4.69) is 9.97 Å². The number of imidazole rings is 1. The maximum absolute atomic E-state index is 12.4. The quantitative estimate of drug-likeness (QED) is 0.895. The lowest BCUT2D eigenvalue weighted by molar-refractivity contribution is -0.151. The van der Waals surface area contributed by atoms with Gasteiger partial charge in [0, 0.05) is 17.7 Å². The van der Waals surface area contributed by atoms with E-state index < -0.39 is 12.0 Å². The summed E-state index contributed by atoms with van der Waals surface area (Å²) in [5.41, 5.74) is 1.57. The molecule has 1 amide bonds. The minimum atomic E-state index is -0.979. The van der Waals surface area contributed by atoms with E-state index >= 15 is 0 Å². The third-order valence-electron chi connectivity index (χ3n) is 3.67. The first-order valence-electron chi connectivity index (χ1n) is 6.71. The Balaban J connectivity index is 1.72. The van der Waals surface area contributed by atoms with Crippen molar-refractivity contribution in [3.05, 3.63) is 40.1 Å². The summed E-state index contributed by atoms with van der Waals surface area (Å²) in [6.45, 7) is 0.287. The molecule has 2 N–H and O–H groups in total. The minimum absolute atomic E-state index is 0.129. The molecule has 3 heterocycles. The molecular weight excluding hydrogens is 290 g/mol. The molecule has 21 heavy (non-hydrogen) atoms. The van der Waals surface area contributed by atoms with Crippen LogP contribution in [0.1, 0.15) is 22.7 Å². The Morgan fingerprint density at radius 2 is 2.38 bits per heavy atom. The Kier molecular flexibility index (Phi) is 3.74. The first kappa shape index (κ1) is 13.8. The summed E-state index contributed by atoms with van der Waals surface area (Å²) >= 11 is 1.61. The van der Waals surface area contributed by atoms with Gasteiger partial charge >= 0.3 is 5.97 Å². The molecule has 6 nitrogen and oxygen atoms in total. The van der Waals surface area contributed by atoms with Crippen molar-refractivity contribution in [2.45, 2.75) is 31.8 Å². The predicted octanol–water partition coefficient (Wildman–Crippen LogP) is 1.44. The van der Waals surface area contributed by atoms with Crippen molar-refractivity contribution in [3.63, 3.8) is 0 Å². The molecule has 2 aromatic rings. The average Bonchev–Trinajstić information content (AvgIpc) is 3.13. The van der Waals surface area contributed by atoms with E-state index in [0.29, 0.717) is 12.8 Å². The van der Waals surface area contributed by atoms with Crippen LogP contribution < -0.4 is 0 Å². The lowest BCUT2D eigenvalue weighted by Gasteiger charge is -2.32. The molecule has 0 saturated heterocycles. The molecule has 3 rings (SSSR count). The standard InChI is InChI=1S/C14H15N3O3S/c18-13(4-3-9-2-1-5-21-9)17-7-11-10(15-8-16-11)6-12(17)14(19)20/h1-2,5,8,12H,3-4,6-7H2,(H,15,16)(H,19,20). The van der Waals surface area contributed by atoms with Crippen LogP contribution in [0.4, 0.5) is 0 Å². The summed E-state index contributed by atoms with van der Waals surface area (Å²) in [7, 11) is 0. The highest BCUT2D eigenvalue weighted by Crippen LogP contribution is 2.22. The zero-order valence-electron chi connectivity index (χ0n) is 11.3. The van der Waals surface area contributed by atoms with Gasteiger partial charge in [-0.25, -0.2) is 9.78 Å². The van der Waals surface area contributed by atoms with E-state index in [0.717, 1.165) is 16.3 Å². The van der Waals surface area contributed by atoms with E-state index in [-0.39, 0.29) is 18.9 Å². The van der Waals surface area contributed by atoms with Gasteiger partial charge in [-0.3, -0.25) is 4.79 Å². The molecule has 0 aromatic carbocycles. The Bertz CT molecular complexity index is 650. The molecule has 0 saturated carbocycles. The van der Waals surface area contributed by atoms with Crippen LogP contribution in [0.15, 0.2) is 23.8 Å². The maximum Gasteiger partial charge on any atom is 0.326 e. The summed E-state index contributed by atoms with van der Waals surface area (Å²) in [5.74, 6) is -1.11. The zero-order valence-corrected chi connectivity index (χ0v) is 12.1. The molecular formula is C14H15N3O3S. The number of aromatic amines is 1. The lowest BCUT2D eigenvalue weighted by atomic mass is 10.0. The van der Waals surface area contributed by atoms with Crippen molar-refractivity contribution in [1.29, 1.82) is 0 Å². The van der Waals surface area contributed by atoms with Crippen LogP contribution in [0.2, 0.25) is 0 Å². The molecule has 2 aromatic heterocycles. The van der Waals surface area contributed by atoms with Gasteiger partial charge in [0.1, 0.15) is 6.04 Å². The number of nitrogens with one attached hydrogen (secondary N) is 1. The van der Waals surface area contributed by atoms with Crippen LogP contribution >= 0.6 is 11.3 Å². The van der Waals surface area contributed by atoms with Gasteiger partial charge in [0.25, 0.3) is 0 Å². The number of H-pyrrole nitrogens is 1. The van der Waals surface area contributed by atoms with Gasteiger partial charge in [-0.1, -0.05) is 6.07 Å². The third kappa shape index (κ3) is 2.82. The largest absolute Gasteiger partial charge is 0.480 e. The van der Waals surface area contributed by atoms with Crippen molar-refractivity contribution in [2.75, 3.05) is 0 Å². The third-order valence-corrected chi connectivity index (χ3v) is 4.61. The molecule has 0 fully saturated rings. The number of aryl methyl sites for hydroxylation is 1. The second-order valence-electron chi connectivity index (χ2n) is 4.99. The molecule has 1 aliphatic rings. The number of fused-ring (bicyclic) bond motifs is 1. The maximum atomic E-state index is 12.4. The number of thiophene rings is 1. The number of hydrogen-bond donors (Lipinski definition) is 2. The number of carbonyl (C=O) groups is 2. The summed E-state index contributed by atoms with van der Waals surface area (Å²) in [5, 5.41) is 11.3. The van der Waals surface area contributed by atoms with Crippen LogP contribution in [0.3, 0.4) is 0 Å². The molecule has 1 aliphatic heterocycles. The van der Waals surface area contributed by atoms with E-state index in [4.69, 9.17) is 0 Å². The summed E-state index contributed by atoms with van der Waals surface area (Å²) < 4.78 is 0. The molecule has 7 heteroatoms. The zero-order chi connectivity index (χ0) is 14.8. The van der Waals surface area contributed by atoms with Crippen molar-refractivity contribution in [3.8, 4) is 0 Å². The van der Waals surface area contributed by atoms with Crippen LogP contribution in [-0.2, 0) is 29.0 Å². The fourth-order valence-corrected chi connectivity index (χ4v) is 3.26. The fraction of sp³-hybridized carbons (Fsp3) is 0.357. The van der Waals surface area contributed by atoms with Crippen molar-refractivity contribution in [2.24, 2.45) is 0 Å². The molecule has 0 bridgehead atoms. The minimum Gasteiger partial charge on any atom is -0.480 e. The van der Waals surface area contributed by atoms with Crippen molar-refractivity contribution >= 4 is 23.2 Å². The highest BCUT2D eigenvalue weighted by Gasteiger charge is 2.35. The molecule has 1 unspecified atom stereocenters. The Hall–Kier alpha value is -2.15. The number of hydrogen-bond acceptors (Lipinski definition) is 4. The predicted molar refractivity (Wildman–Crippen MR) is 76.9 cm³/mol. The second kappa shape index (κ2) is 5.69. The fourth-order valence-electron chi connectivity index (χ4n) is 2.55. The van der Waals surface area contributed by atoms with E-state index in [1.807, 2.05) is 17.5 Å². The van der Waals surface area contributed by atoms with Gasteiger partial charge in [-0.05, 0) is 17.9 Å². The number of nitrogens with zero attached hydrogens (tertiary/aromatic N) is 2. The van der Waals surface area contributed by atoms with Crippen LogP contribution in [-0.4, -0.2) is 37.9 Å². The number of carbonyl (C=O) groups excluding carboxylic acids is 1. The Labute approximate surface area is 125 Å². The number of rotatable bonds is 4. The molecule has 110 valence electrons. The molecule has 0 radical (unpaired) electrons. The number of carboxylic acid groups (broad SMARTS) is 1. The number of aliphatic carboxylic acids is 1. The van der Waals surface area contributed by atoms with E-state index in [1.165, 1.54) is 4.90 Å². The number of aromatic nitrogens is 2. The van der Waals surface area contributed by atoms with E-state index in [9.17, 15) is 14.7 Å². The highest BCUT2D eigenvalue weighted by molar-refractivity contribution is 7.09. The number of amides is 1. The van der Waals surface area contributed by atoms with Crippen LogP contribution in [0.25, 0.3) is 0 Å². The summed E-state index contributed by atoms with van der Waals surface area (Å²) in [4.78, 5) is 33.4. The smallest absolute Gasteiger partial charge is 0.326 e. The van der Waals surface area contributed by atoms with Gasteiger partial charge in [0.05, 0.1) is 24.3 Å². The second-order valence-corrected chi connectivity index (χ2v) is 6.02. The van der Waals surface area contributed by atoms with Gasteiger partial charge < -0.3 is 15.0 Å². The lowest BCUT2D eigenvalue weighted by Crippen LogP contribution is -2.48. The monoisotopic (exact) mass is 305 g/mol. The van der Waals surface area contributed by atoms with Crippen LogP contribution in [0.5, 0.6) is 0 Å².